The minimum absolute atomic E-state index is 0.509. The topological polar surface area (TPSA) is 15.3 Å². The average molecular weight is 425 g/mol. The highest BCUT2D eigenvalue weighted by Gasteiger charge is 2.07. The number of hydrogen-bond donors (Lipinski definition) is 1. The Labute approximate surface area is 133 Å². The van der Waals surface area contributed by atoms with Crippen molar-refractivity contribution in [2.24, 2.45) is 0 Å². The Hall–Kier alpha value is 0.350. The summed E-state index contributed by atoms with van der Waals surface area (Å²) in [4.78, 5) is 2.45. The summed E-state index contributed by atoms with van der Waals surface area (Å²) >= 11 is 5.96. The number of hydrogen-bond acceptors (Lipinski definition) is 2. The van der Waals surface area contributed by atoms with Crippen molar-refractivity contribution in [3.8, 4) is 0 Å². The summed E-state index contributed by atoms with van der Waals surface area (Å²) in [6.45, 7) is 10.9. The molecule has 0 radical (unpaired) electrons. The number of nitrogens with one attached hydrogen (secondary N) is 1. The van der Waals surface area contributed by atoms with Gasteiger partial charge < -0.3 is 10.2 Å². The zero-order valence-electron chi connectivity index (χ0n) is 11.3. The van der Waals surface area contributed by atoms with Gasteiger partial charge in [0.1, 0.15) is 0 Å². The minimum Gasteiger partial charge on any atom is -0.309 e. The maximum Gasteiger partial charge on any atom is 0.0220 e. The molecule has 1 unspecified atom stereocenters. The van der Waals surface area contributed by atoms with Crippen molar-refractivity contribution in [3.63, 3.8) is 0 Å². The Balaban J connectivity index is 2.46. The van der Waals surface area contributed by atoms with Crippen LogP contribution >= 0.6 is 38.5 Å². The van der Waals surface area contributed by atoms with Crippen molar-refractivity contribution in [1.82, 2.24) is 10.2 Å². The molecule has 4 heteroatoms. The third-order valence-electron chi connectivity index (χ3n) is 3.08. The number of rotatable bonds is 7. The Bertz CT molecular complexity index is 367. The van der Waals surface area contributed by atoms with E-state index in [1.807, 2.05) is 0 Å². The molecule has 1 atom stereocenters. The Morgan fingerprint density at radius 3 is 2.61 bits per heavy atom. The third kappa shape index (κ3) is 5.55. The first-order valence-electron chi connectivity index (χ1n) is 6.46. The summed E-state index contributed by atoms with van der Waals surface area (Å²) in [5.41, 5.74) is 1.33. The van der Waals surface area contributed by atoms with Crippen molar-refractivity contribution in [1.29, 1.82) is 0 Å². The zero-order chi connectivity index (χ0) is 13.5. The van der Waals surface area contributed by atoms with Gasteiger partial charge in [-0.05, 0) is 66.4 Å². The highest BCUT2D eigenvalue weighted by Crippen LogP contribution is 2.19. The summed E-state index contributed by atoms with van der Waals surface area (Å²) in [5.74, 6) is 0. The molecular weight excluding hydrogens is 403 g/mol. The molecule has 102 valence electrons. The van der Waals surface area contributed by atoms with Gasteiger partial charge in [-0.15, -0.1) is 0 Å². The predicted molar refractivity (Wildman–Crippen MR) is 90.9 cm³/mol. The van der Waals surface area contributed by atoms with Gasteiger partial charge >= 0.3 is 0 Å². The molecule has 0 saturated carbocycles. The van der Waals surface area contributed by atoms with Gasteiger partial charge in [-0.3, -0.25) is 0 Å². The number of benzene rings is 1. The molecule has 0 aliphatic heterocycles. The van der Waals surface area contributed by atoms with Gasteiger partial charge in [-0.25, -0.2) is 0 Å². The van der Waals surface area contributed by atoms with Gasteiger partial charge in [-0.1, -0.05) is 29.8 Å². The van der Waals surface area contributed by atoms with Crippen molar-refractivity contribution in [2.75, 3.05) is 19.6 Å². The fourth-order valence-corrected chi connectivity index (χ4v) is 2.84. The Morgan fingerprint density at radius 1 is 1.33 bits per heavy atom. The molecule has 2 nitrogen and oxygen atoms in total. The first kappa shape index (κ1) is 16.4. The maximum absolute atomic E-state index is 3.60. The molecule has 18 heavy (non-hydrogen) atoms. The van der Waals surface area contributed by atoms with Crippen LogP contribution in [0.25, 0.3) is 0 Å². The standard InChI is InChI=1S/C14H22BrIN2/c1-4-18(5-2)10-11(3)17-9-12-8-13(16)6-7-14(12)15/h6-8,11,17H,4-5,9-10H2,1-3H3. The summed E-state index contributed by atoms with van der Waals surface area (Å²) < 4.78 is 2.47. The lowest BCUT2D eigenvalue weighted by Crippen LogP contribution is -2.38. The molecule has 0 spiro atoms. The molecule has 0 fully saturated rings. The van der Waals surface area contributed by atoms with Gasteiger partial charge in [0.2, 0.25) is 0 Å². The quantitative estimate of drug-likeness (QED) is 0.668. The molecule has 0 heterocycles. The number of halogens is 2. The molecule has 0 aliphatic carbocycles. The van der Waals surface area contributed by atoms with Crippen LogP contribution in [-0.2, 0) is 6.54 Å². The van der Waals surface area contributed by atoms with Gasteiger partial charge in [0.25, 0.3) is 0 Å². The van der Waals surface area contributed by atoms with Crippen LogP contribution < -0.4 is 5.32 Å². The first-order valence-corrected chi connectivity index (χ1v) is 8.33. The summed E-state index contributed by atoms with van der Waals surface area (Å²) in [7, 11) is 0. The van der Waals surface area contributed by atoms with Crippen LogP contribution in [0.3, 0.4) is 0 Å². The van der Waals surface area contributed by atoms with Crippen LogP contribution in [0.2, 0.25) is 0 Å². The van der Waals surface area contributed by atoms with Crippen molar-refractivity contribution in [2.45, 2.75) is 33.4 Å². The molecule has 0 saturated heterocycles. The molecular formula is C14H22BrIN2. The monoisotopic (exact) mass is 424 g/mol. The van der Waals surface area contributed by atoms with E-state index in [4.69, 9.17) is 0 Å². The molecule has 0 amide bonds. The number of nitrogens with zero attached hydrogens (tertiary/aromatic N) is 1. The fourth-order valence-electron chi connectivity index (χ4n) is 1.90. The third-order valence-corrected chi connectivity index (χ3v) is 4.52. The lowest BCUT2D eigenvalue weighted by atomic mass is 10.2. The Morgan fingerprint density at radius 2 is 2.00 bits per heavy atom. The van der Waals surface area contributed by atoms with Crippen molar-refractivity contribution >= 4 is 38.5 Å². The van der Waals surface area contributed by atoms with E-state index < -0.39 is 0 Å². The normalized spacial score (nSPS) is 13.0. The predicted octanol–water partition coefficient (Wildman–Crippen LogP) is 3.87. The lowest BCUT2D eigenvalue weighted by molar-refractivity contribution is 0.270. The second-order valence-electron chi connectivity index (χ2n) is 4.50. The van der Waals surface area contributed by atoms with Crippen LogP contribution in [0.4, 0.5) is 0 Å². The molecule has 0 bridgehead atoms. The van der Waals surface area contributed by atoms with Crippen LogP contribution in [0.1, 0.15) is 26.3 Å². The molecule has 1 aromatic rings. The van der Waals surface area contributed by atoms with E-state index in [0.29, 0.717) is 6.04 Å². The average Bonchev–Trinajstić information content (AvgIpc) is 2.37. The Kier molecular flexibility index (Phi) is 7.75. The second-order valence-corrected chi connectivity index (χ2v) is 6.60. The van der Waals surface area contributed by atoms with E-state index in [1.54, 1.807) is 0 Å². The van der Waals surface area contributed by atoms with E-state index in [1.165, 1.54) is 13.6 Å². The van der Waals surface area contributed by atoms with E-state index in [9.17, 15) is 0 Å². The molecule has 0 aliphatic rings. The maximum atomic E-state index is 3.60. The van der Waals surface area contributed by atoms with Crippen LogP contribution in [0.15, 0.2) is 22.7 Å². The number of likely N-dealkylation sites (N-methyl/N-ethyl adjacent to an activating group) is 1. The van der Waals surface area contributed by atoms with E-state index in [0.717, 1.165) is 26.2 Å². The van der Waals surface area contributed by atoms with E-state index in [2.05, 4.69) is 87.7 Å². The van der Waals surface area contributed by atoms with Crippen LogP contribution in [-0.4, -0.2) is 30.6 Å². The van der Waals surface area contributed by atoms with Gasteiger partial charge in [0.05, 0.1) is 0 Å². The van der Waals surface area contributed by atoms with Crippen LogP contribution in [0, 0.1) is 3.57 Å². The first-order chi connectivity index (χ1) is 8.56. The molecule has 0 aromatic heterocycles. The summed E-state index contributed by atoms with van der Waals surface area (Å²) in [5, 5.41) is 3.59. The van der Waals surface area contributed by atoms with Gasteiger partial charge in [0, 0.05) is 27.2 Å². The molecule has 1 aromatic carbocycles. The minimum atomic E-state index is 0.509. The second kappa shape index (κ2) is 8.51. The van der Waals surface area contributed by atoms with E-state index >= 15 is 0 Å². The fraction of sp³-hybridized carbons (Fsp3) is 0.571. The van der Waals surface area contributed by atoms with Crippen molar-refractivity contribution < 1.29 is 0 Å². The zero-order valence-corrected chi connectivity index (χ0v) is 15.1. The van der Waals surface area contributed by atoms with Gasteiger partial charge in [0.15, 0.2) is 0 Å². The highest BCUT2D eigenvalue weighted by molar-refractivity contribution is 14.1. The smallest absolute Gasteiger partial charge is 0.0220 e. The molecule has 1 N–H and O–H groups in total. The largest absolute Gasteiger partial charge is 0.309 e. The van der Waals surface area contributed by atoms with Crippen LogP contribution in [0.5, 0.6) is 0 Å². The van der Waals surface area contributed by atoms with Crippen molar-refractivity contribution in [3.05, 3.63) is 31.8 Å². The molecule has 1 rings (SSSR count). The van der Waals surface area contributed by atoms with E-state index in [-0.39, 0.29) is 0 Å². The van der Waals surface area contributed by atoms with Gasteiger partial charge in [-0.2, -0.15) is 0 Å². The SMILES string of the molecule is CCN(CC)CC(C)NCc1cc(I)ccc1Br. The summed E-state index contributed by atoms with van der Waals surface area (Å²) in [6, 6.07) is 6.97. The highest BCUT2D eigenvalue weighted by atomic mass is 127. The summed E-state index contributed by atoms with van der Waals surface area (Å²) in [6.07, 6.45) is 0. The lowest BCUT2D eigenvalue weighted by Gasteiger charge is -2.23.